The van der Waals surface area contributed by atoms with Crippen LogP contribution in [0.5, 0.6) is 0 Å². The normalized spacial score (nSPS) is 11.1. The molecule has 0 unspecified atom stereocenters. The van der Waals surface area contributed by atoms with Gasteiger partial charge in [0.2, 0.25) is 5.28 Å². The number of hydrogen-bond acceptors (Lipinski definition) is 10. The zero-order chi connectivity index (χ0) is 28.8. The average Bonchev–Trinajstić information content (AvgIpc) is 3.65. The van der Waals surface area contributed by atoms with Gasteiger partial charge >= 0.3 is 6.18 Å². The summed E-state index contributed by atoms with van der Waals surface area (Å²) in [5.74, 6) is 1.22. The minimum atomic E-state index is -4.47. The predicted octanol–water partition coefficient (Wildman–Crippen LogP) is 7.55. The van der Waals surface area contributed by atoms with Gasteiger partial charge in [0.15, 0.2) is 0 Å². The fourth-order valence-corrected chi connectivity index (χ4v) is 5.63. The summed E-state index contributed by atoms with van der Waals surface area (Å²) < 4.78 is 40.4. The lowest BCUT2D eigenvalue weighted by Crippen LogP contribution is -2.14. The van der Waals surface area contributed by atoms with Crippen LogP contribution in [0, 0.1) is 11.3 Å². The Morgan fingerprint density at radius 3 is 2.27 bits per heavy atom. The molecule has 0 saturated carbocycles. The summed E-state index contributed by atoms with van der Waals surface area (Å²) in [5.41, 5.74) is 2.37. The Bertz CT molecular complexity index is 1850. The second-order valence-electron chi connectivity index (χ2n) is 8.32. The van der Waals surface area contributed by atoms with E-state index >= 15 is 0 Å². The van der Waals surface area contributed by atoms with Crippen molar-refractivity contribution in [1.82, 2.24) is 24.9 Å². The van der Waals surface area contributed by atoms with Gasteiger partial charge in [0, 0.05) is 24.8 Å². The summed E-state index contributed by atoms with van der Waals surface area (Å²) in [6.45, 7) is 0.511. The molecule has 0 spiro atoms. The van der Waals surface area contributed by atoms with Crippen LogP contribution in [0.3, 0.4) is 0 Å². The lowest BCUT2D eigenvalue weighted by molar-refractivity contribution is -0.141. The van der Waals surface area contributed by atoms with E-state index in [0.717, 1.165) is 32.2 Å². The van der Waals surface area contributed by atoms with Gasteiger partial charge in [-0.25, -0.2) is 15.0 Å². The molecule has 0 radical (unpaired) electrons. The Balaban J connectivity index is 0.000000165. The average molecular weight is 611 g/mol. The van der Waals surface area contributed by atoms with Gasteiger partial charge in [0.1, 0.15) is 23.7 Å². The van der Waals surface area contributed by atoms with Crippen LogP contribution in [0.2, 0.25) is 5.28 Å². The first-order valence-electron chi connectivity index (χ1n) is 11.9. The van der Waals surface area contributed by atoms with Crippen molar-refractivity contribution < 1.29 is 13.2 Å². The van der Waals surface area contributed by atoms with Crippen molar-refractivity contribution in [3.63, 3.8) is 0 Å². The molecule has 6 rings (SSSR count). The van der Waals surface area contributed by atoms with Crippen LogP contribution < -0.4 is 10.6 Å². The molecular formula is C27H18ClF3N8S2. The van der Waals surface area contributed by atoms with Crippen molar-refractivity contribution in [3.8, 4) is 6.07 Å². The monoisotopic (exact) mass is 610 g/mol. The van der Waals surface area contributed by atoms with Crippen molar-refractivity contribution in [1.29, 1.82) is 5.26 Å². The number of benzene rings is 1. The third kappa shape index (κ3) is 6.68. The van der Waals surface area contributed by atoms with Crippen molar-refractivity contribution >= 4 is 66.3 Å². The molecule has 0 bridgehead atoms. The van der Waals surface area contributed by atoms with Gasteiger partial charge < -0.3 is 10.6 Å². The van der Waals surface area contributed by atoms with Crippen LogP contribution in [-0.4, -0.2) is 24.9 Å². The first kappa shape index (κ1) is 28.2. The summed E-state index contributed by atoms with van der Waals surface area (Å²) in [5, 5.41) is 19.2. The SMILES string of the molecule is FC(F)(F)c1ncccc1CNc1ncnc2ccsc12.N#Cc1ccccc1CNc1nc(Cl)nc2ccsc12. The van der Waals surface area contributed by atoms with Gasteiger partial charge in [-0.05, 0) is 52.2 Å². The Labute approximate surface area is 244 Å². The Morgan fingerprint density at radius 1 is 0.805 bits per heavy atom. The standard InChI is InChI=1S/C14H9ClN4S.C13H9F3N4S/c15-14-18-11-5-6-20-12(11)13(19-14)17-8-10-4-2-1-3-9(10)7-16;14-13(15,16)11-8(2-1-4-17-11)6-18-12-10-9(3-5-21-10)19-7-20-12/h1-6H,8H2,(H,17,18,19);1-5,7H,6H2,(H,18,19,20). The molecule has 8 nitrogen and oxygen atoms in total. The molecule has 0 amide bonds. The highest BCUT2D eigenvalue weighted by molar-refractivity contribution is 7.18. The van der Waals surface area contributed by atoms with E-state index in [4.69, 9.17) is 16.9 Å². The molecule has 0 fully saturated rings. The number of rotatable bonds is 6. The van der Waals surface area contributed by atoms with Crippen LogP contribution in [0.15, 0.2) is 71.8 Å². The van der Waals surface area contributed by atoms with E-state index in [-0.39, 0.29) is 17.4 Å². The highest BCUT2D eigenvalue weighted by Gasteiger charge is 2.34. The maximum Gasteiger partial charge on any atom is 0.433 e. The molecule has 5 aromatic heterocycles. The van der Waals surface area contributed by atoms with E-state index in [1.807, 2.05) is 41.1 Å². The highest BCUT2D eigenvalue weighted by atomic mass is 35.5. The first-order chi connectivity index (χ1) is 19.8. The number of nitrogens with zero attached hydrogens (tertiary/aromatic N) is 6. The third-order valence-corrected chi connectivity index (χ3v) is 7.70. The van der Waals surface area contributed by atoms with E-state index in [0.29, 0.717) is 23.7 Å². The molecule has 0 aliphatic rings. The van der Waals surface area contributed by atoms with E-state index in [2.05, 4.69) is 41.6 Å². The number of fused-ring (bicyclic) bond motifs is 2. The zero-order valence-electron chi connectivity index (χ0n) is 20.9. The molecule has 0 atom stereocenters. The van der Waals surface area contributed by atoms with Gasteiger partial charge in [-0.2, -0.15) is 23.4 Å². The van der Waals surface area contributed by atoms with Gasteiger partial charge in [-0.15, -0.1) is 22.7 Å². The second-order valence-corrected chi connectivity index (χ2v) is 10.5. The molecule has 0 aliphatic carbocycles. The number of alkyl halides is 3. The molecule has 14 heteroatoms. The number of anilines is 2. The van der Waals surface area contributed by atoms with E-state index in [9.17, 15) is 13.2 Å². The van der Waals surface area contributed by atoms with Gasteiger partial charge in [-0.3, -0.25) is 4.98 Å². The molecule has 2 N–H and O–H groups in total. The second kappa shape index (κ2) is 12.4. The maximum atomic E-state index is 12.9. The summed E-state index contributed by atoms with van der Waals surface area (Å²) in [6.07, 6.45) is -1.96. The summed E-state index contributed by atoms with van der Waals surface area (Å²) >= 11 is 8.90. The van der Waals surface area contributed by atoms with Crippen molar-refractivity contribution in [2.45, 2.75) is 19.3 Å². The van der Waals surface area contributed by atoms with Crippen LogP contribution in [0.4, 0.5) is 24.8 Å². The van der Waals surface area contributed by atoms with E-state index in [1.165, 1.54) is 29.8 Å². The van der Waals surface area contributed by atoms with Crippen LogP contribution >= 0.6 is 34.3 Å². The minimum Gasteiger partial charge on any atom is -0.365 e. The topological polar surface area (TPSA) is 112 Å². The Kier molecular flexibility index (Phi) is 8.53. The van der Waals surface area contributed by atoms with Crippen molar-refractivity contribution in [2.24, 2.45) is 0 Å². The number of thiophene rings is 2. The molecule has 0 aliphatic heterocycles. The molecule has 5 heterocycles. The fourth-order valence-electron chi connectivity index (χ4n) is 3.85. The highest BCUT2D eigenvalue weighted by Crippen LogP contribution is 2.31. The molecule has 206 valence electrons. The summed E-state index contributed by atoms with van der Waals surface area (Å²) in [7, 11) is 0. The number of nitrogens with one attached hydrogen (secondary N) is 2. The molecule has 1 aromatic carbocycles. The number of aromatic nitrogens is 5. The van der Waals surface area contributed by atoms with Gasteiger partial charge in [-0.1, -0.05) is 24.3 Å². The number of pyridine rings is 1. The lowest BCUT2D eigenvalue weighted by Gasteiger charge is -2.12. The van der Waals surface area contributed by atoms with Crippen LogP contribution in [-0.2, 0) is 19.3 Å². The largest absolute Gasteiger partial charge is 0.433 e. The Morgan fingerprint density at radius 2 is 1.49 bits per heavy atom. The number of nitriles is 1. The first-order valence-corrected chi connectivity index (χ1v) is 14.0. The molecule has 41 heavy (non-hydrogen) atoms. The van der Waals surface area contributed by atoms with Crippen molar-refractivity contribution in [2.75, 3.05) is 10.6 Å². The summed E-state index contributed by atoms with van der Waals surface area (Å²) in [4.78, 5) is 19.9. The zero-order valence-corrected chi connectivity index (χ0v) is 23.2. The maximum absolute atomic E-state index is 12.9. The quantitative estimate of drug-likeness (QED) is 0.186. The van der Waals surface area contributed by atoms with Gasteiger partial charge in [0.25, 0.3) is 0 Å². The number of halogens is 4. The smallest absolute Gasteiger partial charge is 0.365 e. The molecule has 6 aromatic rings. The third-order valence-electron chi connectivity index (χ3n) is 5.71. The van der Waals surface area contributed by atoms with E-state index in [1.54, 1.807) is 17.4 Å². The van der Waals surface area contributed by atoms with Crippen LogP contribution in [0.25, 0.3) is 20.4 Å². The fraction of sp³-hybridized carbons (Fsp3) is 0.111. The van der Waals surface area contributed by atoms with Crippen LogP contribution in [0.1, 0.15) is 22.4 Å². The van der Waals surface area contributed by atoms with Gasteiger partial charge in [0.05, 0.1) is 32.1 Å². The Hall–Kier alpha value is -4.38. The summed E-state index contributed by atoms with van der Waals surface area (Å²) in [6, 6.07) is 16.3. The molecular weight excluding hydrogens is 593 g/mol. The predicted molar refractivity (Wildman–Crippen MR) is 155 cm³/mol. The lowest BCUT2D eigenvalue weighted by atomic mass is 10.1. The molecule has 0 saturated heterocycles. The number of hydrogen-bond donors (Lipinski definition) is 2. The minimum absolute atomic E-state index is 0.00725. The van der Waals surface area contributed by atoms with Crippen molar-refractivity contribution in [3.05, 3.63) is 99.5 Å². The van der Waals surface area contributed by atoms with E-state index < -0.39 is 11.9 Å².